The van der Waals surface area contributed by atoms with Gasteiger partial charge in [-0.3, -0.25) is 15.0 Å². The molecule has 0 fully saturated rings. The van der Waals surface area contributed by atoms with Gasteiger partial charge in [0, 0.05) is 23.7 Å². The molecule has 3 aromatic heterocycles. The molecule has 4 heterocycles. The van der Waals surface area contributed by atoms with Crippen molar-refractivity contribution in [1.29, 1.82) is 0 Å². The number of ether oxygens (including phenoxy) is 2. The first-order chi connectivity index (χ1) is 17.1. The van der Waals surface area contributed by atoms with Crippen molar-refractivity contribution in [1.82, 2.24) is 24.5 Å². The van der Waals surface area contributed by atoms with E-state index >= 15 is 0 Å². The molecule has 1 N–H and O–H groups in total. The fraction of sp³-hybridized carbons (Fsp3) is 0.125. The van der Waals surface area contributed by atoms with E-state index in [2.05, 4.69) is 20.7 Å². The maximum absolute atomic E-state index is 13.3. The third-order valence-electron chi connectivity index (χ3n) is 5.65. The van der Waals surface area contributed by atoms with Crippen LogP contribution < -0.4 is 20.5 Å². The molecular formula is C24H17FN6O4. The summed E-state index contributed by atoms with van der Waals surface area (Å²) in [5.41, 5.74) is 4.50. The number of aromatic nitrogens is 5. The summed E-state index contributed by atoms with van der Waals surface area (Å²) in [4.78, 5) is 25.9. The Balaban J connectivity index is 1.34. The monoisotopic (exact) mass is 472 g/mol. The van der Waals surface area contributed by atoms with E-state index in [4.69, 9.17) is 9.47 Å². The second kappa shape index (κ2) is 8.20. The van der Waals surface area contributed by atoms with Crippen LogP contribution in [0.15, 0.2) is 65.7 Å². The van der Waals surface area contributed by atoms with Crippen molar-refractivity contribution in [3.05, 3.63) is 82.7 Å². The lowest BCUT2D eigenvalue weighted by atomic mass is 10.1. The van der Waals surface area contributed by atoms with Gasteiger partial charge in [0.1, 0.15) is 11.3 Å². The van der Waals surface area contributed by atoms with Crippen molar-refractivity contribution in [2.45, 2.75) is 6.42 Å². The van der Waals surface area contributed by atoms with Gasteiger partial charge in [-0.25, -0.2) is 13.6 Å². The number of hydrogen-bond donors (Lipinski definition) is 1. The van der Waals surface area contributed by atoms with Crippen LogP contribution in [0.5, 0.6) is 11.5 Å². The molecule has 35 heavy (non-hydrogen) atoms. The molecule has 0 saturated heterocycles. The SMILES string of the molecule is O=C(Nn1ccc2c(nnc3c(-c4ccc(F)cc4)cnn32)c1=O)c1ccc2c(c1)OCCCO2. The van der Waals surface area contributed by atoms with Gasteiger partial charge in [-0.2, -0.15) is 5.10 Å². The van der Waals surface area contributed by atoms with Gasteiger partial charge in [-0.15, -0.1) is 10.2 Å². The molecule has 0 saturated carbocycles. The van der Waals surface area contributed by atoms with E-state index in [0.29, 0.717) is 52.6 Å². The highest BCUT2D eigenvalue weighted by atomic mass is 19.1. The number of carbonyl (C=O) groups excluding carboxylic acids is 1. The van der Waals surface area contributed by atoms with Gasteiger partial charge in [0.05, 0.1) is 19.4 Å². The summed E-state index contributed by atoms with van der Waals surface area (Å²) in [6.07, 6.45) is 3.75. The van der Waals surface area contributed by atoms with Gasteiger partial charge in [0.25, 0.3) is 11.5 Å². The zero-order valence-corrected chi connectivity index (χ0v) is 18.1. The van der Waals surface area contributed by atoms with Crippen molar-refractivity contribution in [2.75, 3.05) is 18.6 Å². The number of carbonyl (C=O) groups is 1. The Kier molecular flexibility index (Phi) is 4.87. The highest BCUT2D eigenvalue weighted by Crippen LogP contribution is 2.30. The number of pyridine rings is 1. The van der Waals surface area contributed by atoms with E-state index in [1.807, 2.05) is 0 Å². The van der Waals surface area contributed by atoms with E-state index in [1.54, 1.807) is 42.6 Å². The minimum atomic E-state index is -0.571. The molecule has 1 aliphatic rings. The number of nitrogens with one attached hydrogen (secondary N) is 1. The van der Waals surface area contributed by atoms with E-state index < -0.39 is 11.5 Å². The molecule has 0 unspecified atom stereocenters. The minimum Gasteiger partial charge on any atom is -0.490 e. The van der Waals surface area contributed by atoms with E-state index in [0.717, 1.165) is 11.1 Å². The van der Waals surface area contributed by atoms with Crippen molar-refractivity contribution >= 4 is 22.6 Å². The highest BCUT2D eigenvalue weighted by Gasteiger charge is 2.17. The maximum Gasteiger partial charge on any atom is 0.299 e. The van der Waals surface area contributed by atoms with Crippen molar-refractivity contribution in [3.63, 3.8) is 0 Å². The molecule has 174 valence electrons. The number of hydrogen-bond acceptors (Lipinski definition) is 7. The average molecular weight is 472 g/mol. The van der Waals surface area contributed by atoms with Gasteiger partial charge in [0.2, 0.25) is 0 Å². The van der Waals surface area contributed by atoms with Crippen LogP contribution in [0.25, 0.3) is 27.8 Å². The molecule has 0 spiro atoms. The maximum atomic E-state index is 13.3. The predicted octanol–water partition coefficient (Wildman–Crippen LogP) is 2.79. The standard InChI is InChI=1S/C24H17FN6O4/c25-16-5-2-14(3-6-16)17-13-26-31-18-8-9-30(24(33)21(18)27-28-22(17)31)29-23(32)15-4-7-19-20(12-15)35-11-1-10-34-19/h2-9,12-13H,1,10-11H2,(H,29,32). The lowest BCUT2D eigenvalue weighted by Crippen LogP contribution is -2.33. The second-order valence-electron chi connectivity index (χ2n) is 7.88. The Morgan fingerprint density at radius 2 is 1.80 bits per heavy atom. The van der Waals surface area contributed by atoms with Gasteiger partial charge >= 0.3 is 0 Å². The second-order valence-corrected chi connectivity index (χ2v) is 7.88. The summed E-state index contributed by atoms with van der Waals surface area (Å²) in [5, 5.41) is 12.6. The zero-order chi connectivity index (χ0) is 23.9. The average Bonchev–Trinajstić information content (AvgIpc) is 3.16. The van der Waals surface area contributed by atoms with E-state index in [9.17, 15) is 14.0 Å². The van der Waals surface area contributed by atoms with Crippen LogP contribution in [-0.2, 0) is 0 Å². The normalized spacial score (nSPS) is 13.1. The topological polar surface area (TPSA) is 113 Å². The quantitative estimate of drug-likeness (QED) is 0.430. The summed E-state index contributed by atoms with van der Waals surface area (Å²) in [7, 11) is 0. The Morgan fingerprint density at radius 3 is 2.63 bits per heavy atom. The fourth-order valence-corrected chi connectivity index (χ4v) is 3.89. The van der Waals surface area contributed by atoms with Crippen LogP contribution in [0.2, 0.25) is 0 Å². The number of amides is 1. The van der Waals surface area contributed by atoms with Crippen molar-refractivity contribution < 1.29 is 18.7 Å². The van der Waals surface area contributed by atoms with Crippen LogP contribution in [0.3, 0.4) is 0 Å². The van der Waals surface area contributed by atoms with E-state index in [-0.39, 0.29) is 11.3 Å². The Morgan fingerprint density at radius 1 is 1.00 bits per heavy atom. The fourth-order valence-electron chi connectivity index (χ4n) is 3.89. The van der Waals surface area contributed by atoms with Crippen LogP contribution in [0, 0.1) is 5.82 Å². The predicted molar refractivity (Wildman–Crippen MR) is 124 cm³/mol. The first-order valence-corrected chi connectivity index (χ1v) is 10.8. The van der Waals surface area contributed by atoms with E-state index in [1.165, 1.54) is 22.8 Å². The third kappa shape index (κ3) is 3.62. The molecule has 1 aliphatic heterocycles. The summed E-state index contributed by atoms with van der Waals surface area (Å²) in [6.45, 7) is 1.03. The molecule has 6 rings (SSSR count). The lowest BCUT2D eigenvalue weighted by Gasteiger charge is -2.11. The minimum absolute atomic E-state index is 0.0210. The van der Waals surface area contributed by atoms with Gasteiger partial charge in [-0.05, 0) is 42.0 Å². The number of nitrogens with zero attached hydrogens (tertiary/aromatic N) is 5. The molecule has 5 aromatic rings. The molecule has 0 bridgehead atoms. The number of benzene rings is 2. The van der Waals surface area contributed by atoms with Crippen LogP contribution in [0.4, 0.5) is 4.39 Å². The summed E-state index contributed by atoms with van der Waals surface area (Å²) in [6, 6.07) is 12.4. The molecule has 11 heteroatoms. The zero-order valence-electron chi connectivity index (χ0n) is 18.1. The molecular weight excluding hydrogens is 455 g/mol. The Bertz CT molecular complexity index is 1660. The third-order valence-corrected chi connectivity index (χ3v) is 5.65. The Hall–Kier alpha value is -4.80. The van der Waals surface area contributed by atoms with Crippen LogP contribution >= 0.6 is 0 Å². The highest BCUT2D eigenvalue weighted by molar-refractivity contribution is 6.00. The Labute approximate surface area is 196 Å². The molecule has 1 amide bonds. The van der Waals surface area contributed by atoms with Gasteiger partial charge in [0.15, 0.2) is 22.7 Å². The van der Waals surface area contributed by atoms with Gasteiger partial charge < -0.3 is 9.47 Å². The molecule has 0 aliphatic carbocycles. The summed E-state index contributed by atoms with van der Waals surface area (Å²) >= 11 is 0. The smallest absolute Gasteiger partial charge is 0.299 e. The molecule has 0 atom stereocenters. The number of rotatable bonds is 3. The van der Waals surface area contributed by atoms with Crippen LogP contribution in [-0.4, -0.2) is 43.6 Å². The number of halogens is 1. The first-order valence-electron chi connectivity index (χ1n) is 10.8. The molecule has 0 radical (unpaired) electrons. The molecule has 10 nitrogen and oxygen atoms in total. The van der Waals surface area contributed by atoms with Crippen molar-refractivity contribution in [2.24, 2.45) is 0 Å². The lowest BCUT2D eigenvalue weighted by molar-refractivity contribution is 0.101. The van der Waals surface area contributed by atoms with Gasteiger partial charge in [-0.1, -0.05) is 12.1 Å². The number of fused-ring (bicyclic) bond motifs is 4. The summed E-state index contributed by atoms with van der Waals surface area (Å²) in [5.74, 6) is 0.190. The van der Waals surface area contributed by atoms with Crippen molar-refractivity contribution in [3.8, 4) is 22.6 Å². The largest absolute Gasteiger partial charge is 0.490 e. The summed E-state index contributed by atoms with van der Waals surface area (Å²) < 4.78 is 27.0. The first kappa shape index (κ1) is 20.8. The molecule has 2 aromatic carbocycles. The van der Waals surface area contributed by atoms with Crippen LogP contribution in [0.1, 0.15) is 16.8 Å².